The number of unbranched alkanes of at least 4 members (excludes halogenated alkanes) is 15. The first kappa shape index (κ1) is 27.8. The van der Waals surface area contributed by atoms with Crippen molar-refractivity contribution in [2.24, 2.45) is 0 Å². The average molecular weight is 449 g/mol. The van der Waals surface area contributed by atoms with Gasteiger partial charge in [0.1, 0.15) is 5.75 Å². The molecule has 0 bridgehead atoms. The molecule has 0 unspecified atom stereocenters. The first-order valence-corrected chi connectivity index (χ1v) is 12.7. The molecule has 0 aliphatic heterocycles. The van der Waals surface area contributed by atoms with E-state index in [9.17, 15) is 14.7 Å². The summed E-state index contributed by atoms with van der Waals surface area (Å²) < 4.78 is 5.06. The maximum Gasteiger partial charge on any atom is 0.426 e. The molecular weight excluding hydrogens is 404 g/mol. The Morgan fingerprint density at radius 2 is 1.12 bits per heavy atom. The molecule has 0 spiro atoms. The van der Waals surface area contributed by atoms with E-state index in [2.05, 4.69) is 17.8 Å². The SMILES string of the molecule is CCCCCCCCCCCCCCCCCCOC(=O)NNC(=O)c1ccc(O)cc1. The zero-order valence-electron chi connectivity index (χ0n) is 20.0. The van der Waals surface area contributed by atoms with Crippen molar-refractivity contribution in [2.45, 2.75) is 110 Å². The lowest BCUT2D eigenvalue weighted by Gasteiger charge is -2.08. The fourth-order valence-electron chi connectivity index (χ4n) is 3.64. The van der Waals surface area contributed by atoms with Crippen LogP contribution in [-0.4, -0.2) is 23.7 Å². The third kappa shape index (κ3) is 15.5. The summed E-state index contributed by atoms with van der Waals surface area (Å²) in [5, 5.41) is 9.21. The average Bonchev–Trinajstić information content (AvgIpc) is 2.80. The van der Waals surface area contributed by atoms with Gasteiger partial charge in [0, 0.05) is 5.56 Å². The summed E-state index contributed by atoms with van der Waals surface area (Å²) in [4.78, 5) is 23.4. The number of hydrazine groups is 1. The molecular formula is C26H44N2O4. The lowest BCUT2D eigenvalue weighted by molar-refractivity contribution is 0.0908. The van der Waals surface area contributed by atoms with E-state index >= 15 is 0 Å². The maximum atomic E-state index is 11.8. The molecule has 2 amide bonds. The van der Waals surface area contributed by atoms with Gasteiger partial charge < -0.3 is 9.84 Å². The number of carbonyl (C=O) groups is 2. The smallest absolute Gasteiger partial charge is 0.426 e. The van der Waals surface area contributed by atoms with E-state index in [0.717, 1.165) is 12.8 Å². The van der Waals surface area contributed by atoms with Crippen LogP contribution in [0.25, 0.3) is 0 Å². The molecule has 0 radical (unpaired) electrons. The van der Waals surface area contributed by atoms with Crippen LogP contribution in [-0.2, 0) is 4.74 Å². The lowest BCUT2D eigenvalue weighted by Crippen LogP contribution is -2.42. The van der Waals surface area contributed by atoms with Crippen LogP contribution < -0.4 is 10.9 Å². The molecule has 1 aromatic carbocycles. The van der Waals surface area contributed by atoms with Gasteiger partial charge in [-0.2, -0.15) is 0 Å². The molecule has 0 saturated heterocycles. The predicted octanol–water partition coefficient (Wildman–Crippen LogP) is 7.02. The van der Waals surface area contributed by atoms with Gasteiger partial charge in [0.05, 0.1) is 6.61 Å². The number of hydrogen-bond donors (Lipinski definition) is 3. The van der Waals surface area contributed by atoms with Crippen molar-refractivity contribution in [2.75, 3.05) is 6.61 Å². The van der Waals surface area contributed by atoms with Gasteiger partial charge in [0.25, 0.3) is 5.91 Å². The van der Waals surface area contributed by atoms with E-state index in [1.54, 1.807) is 0 Å². The van der Waals surface area contributed by atoms with Gasteiger partial charge >= 0.3 is 6.09 Å². The standard InChI is InChI=1S/C26H44N2O4/c1-2-3-4-5-6-7-8-9-10-11-12-13-14-15-16-17-22-32-26(31)28-27-25(30)23-18-20-24(29)21-19-23/h18-21,29H,2-17,22H2,1H3,(H,27,30)(H,28,31). The molecule has 0 aliphatic rings. The summed E-state index contributed by atoms with van der Waals surface area (Å²) in [7, 11) is 0. The number of amides is 2. The Kier molecular flexibility index (Phi) is 16.9. The Balaban J connectivity index is 1.82. The van der Waals surface area contributed by atoms with Crippen molar-refractivity contribution in [1.82, 2.24) is 10.9 Å². The Morgan fingerprint density at radius 3 is 1.59 bits per heavy atom. The number of phenolic OH excluding ortho intramolecular Hbond substituents is 1. The zero-order valence-corrected chi connectivity index (χ0v) is 20.0. The first-order chi connectivity index (χ1) is 15.6. The molecule has 6 nitrogen and oxygen atoms in total. The fourth-order valence-corrected chi connectivity index (χ4v) is 3.64. The van der Waals surface area contributed by atoms with Crippen molar-refractivity contribution in [1.29, 1.82) is 0 Å². The van der Waals surface area contributed by atoms with Gasteiger partial charge in [-0.15, -0.1) is 0 Å². The van der Waals surface area contributed by atoms with Crippen molar-refractivity contribution in [3.8, 4) is 5.75 Å². The number of hydrogen-bond acceptors (Lipinski definition) is 4. The molecule has 0 saturated carbocycles. The molecule has 182 valence electrons. The molecule has 0 aromatic heterocycles. The van der Waals surface area contributed by atoms with Crippen LogP contribution in [0.4, 0.5) is 4.79 Å². The highest BCUT2D eigenvalue weighted by Gasteiger charge is 2.07. The Labute approximate surface area is 194 Å². The highest BCUT2D eigenvalue weighted by atomic mass is 16.6. The topological polar surface area (TPSA) is 87.7 Å². The van der Waals surface area contributed by atoms with E-state index in [1.165, 1.54) is 114 Å². The van der Waals surface area contributed by atoms with Crippen LogP contribution >= 0.6 is 0 Å². The quantitative estimate of drug-likeness (QED) is 0.166. The van der Waals surface area contributed by atoms with Gasteiger partial charge in [-0.1, -0.05) is 103 Å². The highest BCUT2D eigenvalue weighted by Crippen LogP contribution is 2.13. The van der Waals surface area contributed by atoms with Gasteiger partial charge in [0.15, 0.2) is 0 Å². The number of rotatable bonds is 18. The number of benzene rings is 1. The molecule has 0 heterocycles. The van der Waals surface area contributed by atoms with Crippen molar-refractivity contribution < 1.29 is 19.4 Å². The predicted molar refractivity (Wildman–Crippen MR) is 130 cm³/mol. The summed E-state index contributed by atoms with van der Waals surface area (Å²) in [6, 6.07) is 5.75. The number of ether oxygens (including phenoxy) is 1. The van der Waals surface area contributed by atoms with E-state index in [1.807, 2.05) is 0 Å². The minimum Gasteiger partial charge on any atom is -0.508 e. The number of phenols is 1. The third-order valence-corrected chi connectivity index (χ3v) is 5.64. The van der Waals surface area contributed by atoms with Crippen molar-refractivity contribution in [3.05, 3.63) is 29.8 Å². The first-order valence-electron chi connectivity index (χ1n) is 12.7. The van der Waals surface area contributed by atoms with E-state index in [-0.39, 0.29) is 5.75 Å². The summed E-state index contributed by atoms with van der Waals surface area (Å²) in [5.74, 6) is -0.392. The fraction of sp³-hybridized carbons (Fsp3) is 0.692. The summed E-state index contributed by atoms with van der Waals surface area (Å²) in [6.45, 7) is 2.61. The summed E-state index contributed by atoms with van der Waals surface area (Å²) in [6.07, 6.45) is 20.1. The Bertz CT molecular complexity index is 604. The molecule has 32 heavy (non-hydrogen) atoms. The van der Waals surface area contributed by atoms with Gasteiger partial charge in [-0.25, -0.2) is 10.2 Å². The van der Waals surface area contributed by atoms with Gasteiger partial charge in [-0.3, -0.25) is 10.2 Å². The second-order valence-electron chi connectivity index (χ2n) is 8.57. The van der Waals surface area contributed by atoms with Crippen LogP contribution in [0.1, 0.15) is 120 Å². The Morgan fingerprint density at radius 1 is 0.688 bits per heavy atom. The lowest BCUT2D eigenvalue weighted by atomic mass is 10.0. The number of carbonyl (C=O) groups excluding carboxylic acids is 2. The van der Waals surface area contributed by atoms with Crippen LogP contribution in [0.15, 0.2) is 24.3 Å². The molecule has 0 atom stereocenters. The van der Waals surface area contributed by atoms with E-state index in [0.29, 0.717) is 12.2 Å². The van der Waals surface area contributed by atoms with Crippen LogP contribution in [0.2, 0.25) is 0 Å². The monoisotopic (exact) mass is 448 g/mol. The normalized spacial score (nSPS) is 10.7. The minimum absolute atomic E-state index is 0.0766. The summed E-state index contributed by atoms with van der Waals surface area (Å²) in [5.41, 5.74) is 4.84. The number of aromatic hydroxyl groups is 1. The Hall–Kier alpha value is -2.24. The van der Waals surface area contributed by atoms with Crippen LogP contribution in [0.5, 0.6) is 5.75 Å². The molecule has 1 aromatic rings. The van der Waals surface area contributed by atoms with Crippen LogP contribution in [0, 0.1) is 0 Å². The van der Waals surface area contributed by atoms with Crippen molar-refractivity contribution in [3.63, 3.8) is 0 Å². The molecule has 1 rings (SSSR count). The zero-order chi connectivity index (χ0) is 23.3. The summed E-state index contributed by atoms with van der Waals surface area (Å²) >= 11 is 0. The molecule has 0 aliphatic carbocycles. The third-order valence-electron chi connectivity index (χ3n) is 5.64. The minimum atomic E-state index is -0.668. The molecule has 3 N–H and O–H groups in total. The van der Waals surface area contributed by atoms with Gasteiger partial charge in [0.2, 0.25) is 0 Å². The molecule has 6 heteroatoms. The largest absolute Gasteiger partial charge is 0.508 e. The van der Waals surface area contributed by atoms with E-state index < -0.39 is 12.0 Å². The molecule has 0 fully saturated rings. The van der Waals surface area contributed by atoms with Crippen LogP contribution in [0.3, 0.4) is 0 Å². The highest BCUT2D eigenvalue weighted by molar-refractivity contribution is 5.94. The second-order valence-corrected chi connectivity index (χ2v) is 8.57. The number of nitrogens with one attached hydrogen (secondary N) is 2. The second kappa shape index (κ2) is 19.4. The van der Waals surface area contributed by atoms with Crippen molar-refractivity contribution >= 4 is 12.0 Å². The van der Waals surface area contributed by atoms with E-state index in [4.69, 9.17) is 4.74 Å². The van der Waals surface area contributed by atoms with Gasteiger partial charge in [-0.05, 0) is 30.7 Å². The maximum absolute atomic E-state index is 11.8.